The van der Waals surface area contributed by atoms with E-state index in [4.69, 9.17) is 4.74 Å². The number of aliphatic hydroxyl groups is 1. The first-order chi connectivity index (χ1) is 7.97. The molecular weight excluding hydrogens is 284 g/mol. The highest BCUT2D eigenvalue weighted by molar-refractivity contribution is 9.10. The first-order valence-electron chi connectivity index (χ1n) is 5.48. The van der Waals surface area contributed by atoms with Crippen LogP contribution in [0.3, 0.4) is 0 Å². The highest BCUT2D eigenvalue weighted by Crippen LogP contribution is 2.30. The van der Waals surface area contributed by atoms with Crippen molar-refractivity contribution in [1.29, 1.82) is 0 Å². The van der Waals surface area contributed by atoms with Gasteiger partial charge in [0.15, 0.2) is 0 Å². The lowest BCUT2D eigenvalue weighted by atomic mass is 9.86. The summed E-state index contributed by atoms with van der Waals surface area (Å²) in [5, 5.41) is 10.3. The van der Waals surface area contributed by atoms with Gasteiger partial charge in [-0.05, 0) is 23.6 Å². The predicted molar refractivity (Wildman–Crippen MR) is 69.4 cm³/mol. The van der Waals surface area contributed by atoms with Crippen molar-refractivity contribution in [3.05, 3.63) is 34.3 Å². The van der Waals surface area contributed by atoms with Crippen LogP contribution >= 0.6 is 15.9 Å². The van der Waals surface area contributed by atoms with Crippen molar-refractivity contribution < 1.29 is 14.6 Å². The fraction of sp³-hybridized carbons (Fsp3) is 0.462. The standard InChI is InChI=1S/C13H17BrO3/c1-8(2)11(13(16)17-3)12(15)9-5-4-6-10(14)7-9/h4-8,11-12,15H,1-3H3. The molecule has 2 atom stereocenters. The third kappa shape index (κ3) is 3.54. The second kappa shape index (κ2) is 6.17. The van der Waals surface area contributed by atoms with Crippen LogP contribution in [0.15, 0.2) is 28.7 Å². The molecule has 0 aliphatic rings. The number of methoxy groups -OCH3 is 1. The minimum absolute atomic E-state index is 0.0106. The SMILES string of the molecule is COC(=O)C(C(C)C)C(O)c1cccc(Br)c1. The average molecular weight is 301 g/mol. The molecule has 0 fully saturated rings. The Hall–Kier alpha value is -0.870. The van der Waals surface area contributed by atoms with Crippen molar-refractivity contribution >= 4 is 21.9 Å². The molecule has 0 aliphatic carbocycles. The van der Waals surface area contributed by atoms with E-state index in [9.17, 15) is 9.90 Å². The van der Waals surface area contributed by atoms with Gasteiger partial charge in [-0.2, -0.15) is 0 Å². The monoisotopic (exact) mass is 300 g/mol. The van der Waals surface area contributed by atoms with Gasteiger partial charge in [0.05, 0.1) is 19.1 Å². The van der Waals surface area contributed by atoms with Crippen LogP contribution in [-0.2, 0) is 9.53 Å². The maximum absolute atomic E-state index is 11.7. The van der Waals surface area contributed by atoms with Crippen LogP contribution in [0.4, 0.5) is 0 Å². The number of halogens is 1. The lowest BCUT2D eigenvalue weighted by molar-refractivity contribution is -0.152. The second-order valence-corrected chi connectivity index (χ2v) is 5.21. The van der Waals surface area contributed by atoms with E-state index in [1.165, 1.54) is 7.11 Å². The van der Waals surface area contributed by atoms with Crippen molar-refractivity contribution in [1.82, 2.24) is 0 Å². The number of aliphatic hydroxyl groups excluding tert-OH is 1. The molecule has 1 rings (SSSR count). The lowest BCUT2D eigenvalue weighted by Gasteiger charge is -2.24. The Morgan fingerprint density at radius 2 is 2.06 bits per heavy atom. The van der Waals surface area contributed by atoms with Crippen LogP contribution in [0, 0.1) is 11.8 Å². The van der Waals surface area contributed by atoms with Gasteiger partial charge in [0.2, 0.25) is 0 Å². The Bertz CT molecular complexity index is 390. The van der Waals surface area contributed by atoms with Crippen molar-refractivity contribution in [2.45, 2.75) is 20.0 Å². The van der Waals surface area contributed by atoms with Crippen LogP contribution in [0.1, 0.15) is 25.5 Å². The van der Waals surface area contributed by atoms with Gasteiger partial charge in [-0.3, -0.25) is 4.79 Å². The smallest absolute Gasteiger partial charge is 0.311 e. The maximum Gasteiger partial charge on any atom is 0.311 e. The fourth-order valence-electron chi connectivity index (χ4n) is 1.80. The zero-order valence-electron chi connectivity index (χ0n) is 10.2. The van der Waals surface area contributed by atoms with Gasteiger partial charge in [-0.25, -0.2) is 0 Å². The lowest BCUT2D eigenvalue weighted by Crippen LogP contribution is -2.28. The minimum Gasteiger partial charge on any atom is -0.469 e. The molecule has 0 bridgehead atoms. The number of esters is 1. The second-order valence-electron chi connectivity index (χ2n) is 4.29. The summed E-state index contributed by atoms with van der Waals surface area (Å²) in [6.45, 7) is 3.78. The molecule has 3 nitrogen and oxygen atoms in total. The normalized spacial score (nSPS) is 14.5. The van der Waals surface area contributed by atoms with Crippen LogP contribution in [-0.4, -0.2) is 18.2 Å². The Morgan fingerprint density at radius 3 is 2.53 bits per heavy atom. The Balaban J connectivity index is 2.99. The Kier molecular flexibility index (Phi) is 5.15. The zero-order chi connectivity index (χ0) is 13.0. The number of ether oxygens (including phenoxy) is 1. The van der Waals surface area contributed by atoms with Crippen LogP contribution < -0.4 is 0 Å². The molecule has 0 saturated carbocycles. The fourth-order valence-corrected chi connectivity index (χ4v) is 2.22. The average Bonchev–Trinajstić information content (AvgIpc) is 2.28. The summed E-state index contributed by atoms with van der Waals surface area (Å²) in [4.78, 5) is 11.7. The summed E-state index contributed by atoms with van der Waals surface area (Å²) >= 11 is 3.34. The van der Waals surface area contributed by atoms with Crippen LogP contribution in [0.25, 0.3) is 0 Å². The van der Waals surface area contributed by atoms with E-state index >= 15 is 0 Å². The topological polar surface area (TPSA) is 46.5 Å². The molecule has 2 unspecified atom stereocenters. The highest BCUT2D eigenvalue weighted by atomic mass is 79.9. The summed E-state index contributed by atoms with van der Waals surface area (Å²) in [7, 11) is 1.34. The summed E-state index contributed by atoms with van der Waals surface area (Å²) in [6.07, 6.45) is -0.847. The van der Waals surface area contributed by atoms with E-state index in [-0.39, 0.29) is 11.9 Å². The third-order valence-corrected chi connectivity index (χ3v) is 3.22. The van der Waals surface area contributed by atoms with Gasteiger partial charge in [0, 0.05) is 4.47 Å². The van der Waals surface area contributed by atoms with E-state index in [0.717, 1.165) is 4.47 Å². The summed E-state index contributed by atoms with van der Waals surface area (Å²) in [5.74, 6) is -0.918. The largest absolute Gasteiger partial charge is 0.469 e. The number of carbonyl (C=O) groups excluding carboxylic acids is 1. The summed E-state index contributed by atoms with van der Waals surface area (Å²) < 4.78 is 5.61. The van der Waals surface area contributed by atoms with E-state index in [1.807, 2.05) is 32.0 Å². The first-order valence-corrected chi connectivity index (χ1v) is 6.28. The summed E-state index contributed by atoms with van der Waals surface area (Å²) in [5.41, 5.74) is 0.712. The zero-order valence-corrected chi connectivity index (χ0v) is 11.8. The molecule has 1 aromatic rings. The Morgan fingerprint density at radius 1 is 1.41 bits per heavy atom. The van der Waals surface area contributed by atoms with Crippen molar-refractivity contribution in [3.8, 4) is 0 Å². The van der Waals surface area contributed by atoms with E-state index in [0.29, 0.717) is 5.56 Å². The molecule has 0 heterocycles. The maximum atomic E-state index is 11.7. The van der Waals surface area contributed by atoms with Gasteiger partial charge in [0.25, 0.3) is 0 Å². The van der Waals surface area contributed by atoms with Crippen molar-refractivity contribution in [2.24, 2.45) is 11.8 Å². The van der Waals surface area contributed by atoms with E-state index in [1.54, 1.807) is 6.07 Å². The van der Waals surface area contributed by atoms with Gasteiger partial charge in [-0.15, -0.1) is 0 Å². The number of benzene rings is 1. The molecule has 0 spiro atoms. The molecule has 0 amide bonds. The first kappa shape index (κ1) is 14.2. The number of hydrogen-bond donors (Lipinski definition) is 1. The summed E-state index contributed by atoms with van der Waals surface area (Å²) in [6, 6.07) is 7.31. The quantitative estimate of drug-likeness (QED) is 0.870. The van der Waals surface area contributed by atoms with Crippen molar-refractivity contribution in [3.63, 3.8) is 0 Å². The number of carbonyl (C=O) groups is 1. The molecule has 0 radical (unpaired) electrons. The highest BCUT2D eigenvalue weighted by Gasteiger charge is 2.31. The molecule has 1 N–H and O–H groups in total. The third-order valence-electron chi connectivity index (χ3n) is 2.72. The van der Waals surface area contributed by atoms with Crippen LogP contribution in [0.5, 0.6) is 0 Å². The van der Waals surface area contributed by atoms with Crippen LogP contribution in [0.2, 0.25) is 0 Å². The van der Waals surface area contributed by atoms with Gasteiger partial charge < -0.3 is 9.84 Å². The molecular formula is C13H17BrO3. The molecule has 4 heteroatoms. The molecule has 0 saturated heterocycles. The van der Waals surface area contributed by atoms with E-state index < -0.39 is 12.0 Å². The molecule has 0 aromatic heterocycles. The van der Waals surface area contributed by atoms with Gasteiger partial charge in [0.1, 0.15) is 0 Å². The minimum atomic E-state index is -0.847. The predicted octanol–water partition coefficient (Wildman–Crippen LogP) is 2.93. The van der Waals surface area contributed by atoms with Gasteiger partial charge >= 0.3 is 5.97 Å². The molecule has 0 aliphatic heterocycles. The van der Waals surface area contributed by atoms with Gasteiger partial charge in [-0.1, -0.05) is 41.9 Å². The molecule has 17 heavy (non-hydrogen) atoms. The molecule has 1 aromatic carbocycles. The number of rotatable bonds is 4. The number of hydrogen-bond acceptors (Lipinski definition) is 3. The Labute approximate surface area is 110 Å². The van der Waals surface area contributed by atoms with E-state index in [2.05, 4.69) is 15.9 Å². The van der Waals surface area contributed by atoms with Crippen molar-refractivity contribution in [2.75, 3.05) is 7.11 Å². The molecule has 94 valence electrons.